The van der Waals surface area contributed by atoms with Gasteiger partial charge in [-0.1, -0.05) is 31.0 Å². The molecular weight excluding hydrogens is 328 g/mol. The Morgan fingerprint density at radius 3 is 2.17 bits per heavy atom. The number of ether oxygens (including phenoxy) is 2. The van der Waals surface area contributed by atoms with Crippen LogP contribution in [0.2, 0.25) is 0 Å². The first-order chi connectivity index (χ1) is 11.5. The van der Waals surface area contributed by atoms with Crippen molar-refractivity contribution in [2.24, 2.45) is 5.92 Å². The van der Waals surface area contributed by atoms with Gasteiger partial charge in [-0.05, 0) is 38.5 Å². The summed E-state index contributed by atoms with van der Waals surface area (Å²) in [6.07, 6.45) is 7.80. The zero-order chi connectivity index (χ0) is 18.2. The standard InChI is InChI=1S/C18H32O5S/c1-4-23-18(21)12-8-6-5-7-10-16(14-24-15(2)19)11-9-13-17(20)22-3/h16H,4-14H2,1-3H3. The molecule has 0 heterocycles. The molecule has 0 aromatic heterocycles. The SMILES string of the molecule is CCOC(=O)CCCCCCC(CCCC(=O)OC)CSC(C)=O. The van der Waals surface area contributed by atoms with Crippen LogP contribution in [0.15, 0.2) is 0 Å². The quantitative estimate of drug-likeness (QED) is 0.343. The van der Waals surface area contributed by atoms with Crippen LogP contribution in [-0.2, 0) is 23.9 Å². The molecule has 6 heteroatoms. The smallest absolute Gasteiger partial charge is 0.305 e. The average molecular weight is 361 g/mol. The number of hydrogen-bond donors (Lipinski definition) is 0. The van der Waals surface area contributed by atoms with Gasteiger partial charge in [0.1, 0.15) is 0 Å². The summed E-state index contributed by atoms with van der Waals surface area (Å²) >= 11 is 1.37. The number of methoxy groups -OCH3 is 1. The third kappa shape index (κ3) is 14.5. The molecular formula is C18H32O5S. The second-order valence-corrected chi connectivity index (χ2v) is 7.09. The summed E-state index contributed by atoms with van der Waals surface area (Å²) in [5.74, 6) is 0.982. The first kappa shape index (κ1) is 23.0. The molecule has 0 aliphatic carbocycles. The topological polar surface area (TPSA) is 69.7 Å². The predicted octanol–water partition coefficient (Wildman–Crippen LogP) is 4.13. The predicted molar refractivity (Wildman–Crippen MR) is 96.8 cm³/mol. The van der Waals surface area contributed by atoms with Crippen LogP contribution >= 0.6 is 11.8 Å². The number of unbranched alkanes of at least 4 members (excludes halogenated alkanes) is 3. The molecule has 0 fully saturated rings. The monoisotopic (exact) mass is 360 g/mol. The van der Waals surface area contributed by atoms with Gasteiger partial charge in [0.2, 0.25) is 0 Å². The molecule has 0 amide bonds. The van der Waals surface area contributed by atoms with E-state index in [0.717, 1.165) is 50.7 Å². The third-order valence-electron chi connectivity index (χ3n) is 3.79. The minimum Gasteiger partial charge on any atom is -0.469 e. The largest absolute Gasteiger partial charge is 0.469 e. The van der Waals surface area contributed by atoms with E-state index in [1.54, 1.807) is 6.92 Å². The maximum Gasteiger partial charge on any atom is 0.305 e. The van der Waals surface area contributed by atoms with Crippen LogP contribution in [0.3, 0.4) is 0 Å². The van der Waals surface area contributed by atoms with Crippen molar-refractivity contribution < 1.29 is 23.9 Å². The van der Waals surface area contributed by atoms with E-state index < -0.39 is 0 Å². The maximum atomic E-state index is 11.2. The summed E-state index contributed by atoms with van der Waals surface area (Å²) in [6.45, 7) is 3.85. The third-order valence-corrected chi connectivity index (χ3v) is 4.84. The molecule has 0 aliphatic rings. The van der Waals surface area contributed by atoms with Gasteiger partial charge >= 0.3 is 11.9 Å². The number of rotatable bonds is 14. The van der Waals surface area contributed by atoms with Crippen molar-refractivity contribution in [3.05, 3.63) is 0 Å². The van der Waals surface area contributed by atoms with Crippen molar-refractivity contribution in [3.63, 3.8) is 0 Å². The van der Waals surface area contributed by atoms with Crippen molar-refractivity contribution in [2.75, 3.05) is 19.5 Å². The molecule has 0 saturated carbocycles. The van der Waals surface area contributed by atoms with Crippen molar-refractivity contribution >= 4 is 28.8 Å². The summed E-state index contributed by atoms with van der Waals surface area (Å²) in [6, 6.07) is 0. The molecule has 5 nitrogen and oxygen atoms in total. The van der Waals surface area contributed by atoms with Gasteiger partial charge < -0.3 is 9.47 Å². The molecule has 0 radical (unpaired) electrons. The van der Waals surface area contributed by atoms with Crippen molar-refractivity contribution in [2.45, 2.75) is 71.6 Å². The van der Waals surface area contributed by atoms with Crippen LogP contribution in [0, 0.1) is 5.92 Å². The zero-order valence-corrected chi connectivity index (χ0v) is 16.1. The fourth-order valence-corrected chi connectivity index (χ4v) is 3.28. The van der Waals surface area contributed by atoms with Gasteiger partial charge in [-0.3, -0.25) is 14.4 Å². The lowest BCUT2D eigenvalue weighted by Crippen LogP contribution is -2.08. The van der Waals surface area contributed by atoms with Crippen molar-refractivity contribution in [1.82, 2.24) is 0 Å². The van der Waals surface area contributed by atoms with E-state index in [1.165, 1.54) is 18.9 Å². The highest BCUT2D eigenvalue weighted by atomic mass is 32.2. The molecule has 0 N–H and O–H groups in total. The van der Waals surface area contributed by atoms with E-state index in [4.69, 9.17) is 4.74 Å². The Morgan fingerprint density at radius 1 is 0.917 bits per heavy atom. The van der Waals surface area contributed by atoms with E-state index in [1.807, 2.05) is 6.92 Å². The molecule has 0 aliphatic heterocycles. The summed E-state index contributed by atoms with van der Waals surface area (Å²) in [5.41, 5.74) is 0. The number of esters is 2. The van der Waals surface area contributed by atoms with Crippen LogP contribution in [-0.4, -0.2) is 36.5 Å². The molecule has 0 bridgehead atoms. The van der Waals surface area contributed by atoms with Gasteiger partial charge in [0, 0.05) is 25.5 Å². The summed E-state index contributed by atoms with van der Waals surface area (Å²) in [4.78, 5) is 33.6. The average Bonchev–Trinajstić information content (AvgIpc) is 2.54. The highest BCUT2D eigenvalue weighted by Crippen LogP contribution is 2.22. The lowest BCUT2D eigenvalue weighted by molar-refractivity contribution is -0.143. The molecule has 0 aromatic rings. The first-order valence-electron chi connectivity index (χ1n) is 8.85. The Labute approximate surface area is 150 Å². The van der Waals surface area contributed by atoms with Gasteiger partial charge in [-0.25, -0.2) is 0 Å². The first-order valence-corrected chi connectivity index (χ1v) is 9.83. The van der Waals surface area contributed by atoms with Crippen LogP contribution in [0.1, 0.15) is 71.6 Å². The number of thioether (sulfide) groups is 1. The zero-order valence-electron chi connectivity index (χ0n) is 15.3. The number of hydrogen-bond acceptors (Lipinski definition) is 6. The van der Waals surface area contributed by atoms with Gasteiger partial charge in [-0.2, -0.15) is 0 Å². The summed E-state index contributed by atoms with van der Waals surface area (Å²) in [7, 11) is 1.40. The molecule has 140 valence electrons. The Kier molecular flexibility index (Phi) is 14.8. The molecule has 0 saturated heterocycles. The normalized spacial score (nSPS) is 11.8. The van der Waals surface area contributed by atoms with E-state index in [2.05, 4.69) is 4.74 Å². The summed E-state index contributed by atoms with van der Waals surface area (Å²) < 4.78 is 9.56. The fraction of sp³-hybridized carbons (Fsp3) is 0.833. The van der Waals surface area contributed by atoms with Gasteiger partial charge in [-0.15, -0.1) is 0 Å². The number of carbonyl (C=O) groups is 3. The van der Waals surface area contributed by atoms with E-state index in [9.17, 15) is 14.4 Å². The molecule has 1 atom stereocenters. The Hall–Kier alpha value is -1.04. The second-order valence-electron chi connectivity index (χ2n) is 5.89. The van der Waals surface area contributed by atoms with Gasteiger partial charge in [0.05, 0.1) is 13.7 Å². The fourth-order valence-electron chi connectivity index (χ4n) is 2.47. The minimum atomic E-state index is -0.174. The van der Waals surface area contributed by atoms with Crippen LogP contribution in [0.25, 0.3) is 0 Å². The lowest BCUT2D eigenvalue weighted by atomic mass is 9.96. The lowest BCUT2D eigenvalue weighted by Gasteiger charge is -2.15. The Morgan fingerprint density at radius 2 is 1.54 bits per heavy atom. The van der Waals surface area contributed by atoms with Crippen LogP contribution in [0.4, 0.5) is 0 Å². The Balaban J connectivity index is 3.88. The van der Waals surface area contributed by atoms with Crippen molar-refractivity contribution in [3.8, 4) is 0 Å². The molecule has 1 unspecified atom stereocenters. The van der Waals surface area contributed by atoms with E-state index >= 15 is 0 Å². The highest BCUT2D eigenvalue weighted by molar-refractivity contribution is 8.13. The van der Waals surface area contributed by atoms with E-state index in [-0.39, 0.29) is 17.1 Å². The highest BCUT2D eigenvalue weighted by Gasteiger charge is 2.12. The maximum absolute atomic E-state index is 11.2. The molecule has 0 aromatic carbocycles. The van der Waals surface area contributed by atoms with Crippen LogP contribution < -0.4 is 0 Å². The van der Waals surface area contributed by atoms with Crippen molar-refractivity contribution in [1.29, 1.82) is 0 Å². The second kappa shape index (κ2) is 15.5. The van der Waals surface area contributed by atoms with Gasteiger partial charge in [0.25, 0.3) is 0 Å². The number of carbonyl (C=O) groups excluding carboxylic acids is 3. The van der Waals surface area contributed by atoms with Gasteiger partial charge in [0.15, 0.2) is 5.12 Å². The van der Waals surface area contributed by atoms with E-state index in [0.29, 0.717) is 25.4 Å². The molecule has 0 spiro atoms. The summed E-state index contributed by atoms with van der Waals surface area (Å²) in [5, 5.41) is 0.141. The minimum absolute atomic E-state index is 0.115. The Bertz CT molecular complexity index is 370. The molecule has 24 heavy (non-hydrogen) atoms. The van der Waals surface area contributed by atoms with Crippen LogP contribution in [0.5, 0.6) is 0 Å². The molecule has 0 rings (SSSR count).